The van der Waals surface area contributed by atoms with Crippen molar-refractivity contribution in [2.45, 2.75) is 45.2 Å². The van der Waals surface area contributed by atoms with Gasteiger partial charge in [-0.05, 0) is 41.5 Å². The zero-order valence-corrected chi connectivity index (χ0v) is 17.9. The molecule has 0 radical (unpaired) electrons. The predicted octanol–water partition coefficient (Wildman–Crippen LogP) is 3.61. The van der Waals surface area contributed by atoms with Crippen molar-refractivity contribution in [1.29, 1.82) is 0 Å². The molecular weight excluding hydrogens is 378 g/mol. The molecule has 2 amide bonds. The first-order chi connectivity index (χ1) is 12.8. The van der Waals surface area contributed by atoms with Gasteiger partial charge in [0.2, 0.25) is 5.91 Å². The minimum atomic E-state index is -0.564. The Labute approximate surface area is 169 Å². The number of nitrogens with one attached hydrogen (secondary N) is 2. The van der Waals surface area contributed by atoms with Crippen LogP contribution in [0.15, 0.2) is 35.2 Å². The summed E-state index contributed by atoms with van der Waals surface area (Å²) < 4.78 is 0. The van der Waals surface area contributed by atoms with E-state index in [1.54, 1.807) is 17.3 Å². The molecule has 0 aliphatic carbocycles. The highest BCUT2D eigenvalue weighted by atomic mass is 32.2. The van der Waals surface area contributed by atoms with Gasteiger partial charge in [0, 0.05) is 10.9 Å². The smallest absolute Gasteiger partial charge is 0.251 e. The van der Waals surface area contributed by atoms with E-state index in [-0.39, 0.29) is 17.2 Å². The van der Waals surface area contributed by atoms with Gasteiger partial charge in [0.15, 0.2) is 0 Å². The Morgan fingerprint density at radius 1 is 1.22 bits per heavy atom. The molecule has 2 N–H and O–H groups in total. The Bertz CT molecular complexity index is 738. The second-order valence-electron chi connectivity index (χ2n) is 7.33. The lowest BCUT2D eigenvalue weighted by Gasteiger charge is -2.20. The number of hydrogen-bond donors (Lipinski definition) is 2. The van der Waals surface area contributed by atoms with Crippen LogP contribution in [0.2, 0.25) is 0 Å². The SMILES string of the molecule is CSCC[C@H](NC(=O)c1ccc(C(C)(C)C)cc1)C(=O)NCc1cscn1. The van der Waals surface area contributed by atoms with E-state index in [0.29, 0.717) is 18.5 Å². The number of hydrogen-bond acceptors (Lipinski definition) is 5. The molecule has 1 aromatic carbocycles. The molecule has 0 aliphatic heterocycles. The molecule has 0 bridgehead atoms. The Hall–Kier alpha value is -1.86. The van der Waals surface area contributed by atoms with E-state index >= 15 is 0 Å². The predicted molar refractivity (Wildman–Crippen MR) is 113 cm³/mol. The lowest BCUT2D eigenvalue weighted by Crippen LogP contribution is -2.46. The highest BCUT2D eigenvalue weighted by molar-refractivity contribution is 7.98. The van der Waals surface area contributed by atoms with E-state index in [9.17, 15) is 9.59 Å². The van der Waals surface area contributed by atoms with Gasteiger partial charge in [0.25, 0.3) is 5.91 Å². The average Bonchev–Trinajstić information content (AvgIpc) is 3.16. The van der Waals surface area contributed by atoms with Gasteiger partial charge in [-0.1, -0.05) is 32.9 Å². The fraction of sp³-hybridized carbons (Fsp3) is 0.450. The number of rotatable bonds is 8. The molecule has 0 saturated heterocycles. The lowest BCUT2D eigenvalue weighted by atomic mass is 9.86. The molecule has 1 aromatic heterocycles. The molecule has 0 aliphatic rings. The lowest BCUT2D eigenvalue weighted by molar-refractivity contribution is -0.123. The van der Waals surface area contributed by atoms with Crippen molar-refractivity contribution < 1.29 is 9.59 Å². The van der Waals surface area contributed by atoms with Crippen LogP contribution in [0.4, 0.5) is 0 Å². The van der Waals surface area contributed by atoms with Gasteiger partial charge in [-0.15, -0.1) is 11.3 Å². The molecule has 1 heterocycles. The van der Waals surface area contributed by atoms with Crippen LogP contribution in [0.3, 0.4) is 0 Å². The zero-order chi connectivity index (χ0) is 19.9. The quantitative estimate of drug-likeness (QED) is 0.704. The maximum atomic E-state index is 12.6. The van der Waals surface area contributed by atoms with Crippen molar-refractivity contribution in [1.82, 2.24) is 15.6 Å². The first-order valence-electron chi connectivity index (χ1n) is 8.86. The summed E-state index contributed by atoms with van der Waals surface area (Å²) in [4.78, 5) is 29.3. The largest absolute Gasteiger partial charge is 0.349 e. The van der Waals surface area contributed by atoms with Gasteiger partial charge in [-0.25, -0.2) is 4.98 Å². The zero-order valence-electron chi connectivity index (χ0n) is 16.2. The van der Waals surface area contributed by atoms with Crippen molar-refractivity contribution in [3.05, 3.63) is 52.0 Å². The molecule has 2 aromatic rings. The van der Waals surface area contributed by atoms with E-state index in [0.717, 1.165) is 11.4 Å². The van der Waals surface area contributed by atoms with Crippen LogP contribution in [0.5, 0.6) is 0 Å². The van der Waals surface area contributed by atoms with E-state index in [1.165, 1.54) is 16.9 Å². The summed E-state index contributed by atoms with van der Waals surface area (Å²) >= 11 is 3.14. The van der Waals surface area contributed by atoms with Gasteiger partial charge < -0.3 is 10.6 Å². The highest BCUT2D eigenvalue weighted by Crippen LogP contribution is 2.22. The van der Waals surface area contributed by atoms with Gasteiger partial charge in [0.1, 0.15) is 6.04 Å². The summed E-state index contributed by atoms with van der Waals surface area (Å²) in [5.74, 6) is 0.375. The maximum absolute atomic E-state index is 12.6. The second kappa shape index (κ2) is 9.90. The maximum Gasteiger partial charge on any atom is 0.251 e. The van der Waals surface area contributed by atoms with Crippen LogP contribution in [0.1, 0.15) is 48.8 Å². The van der Waals surface area contributed by atoms with Crippen molar-refractivity contribution in [2.24, 2.45) is 0 Å². The van der Waals surface area contributed by atoms with Crippen molar-refractivity contribution in [3.63, 3.8) is 0 Å². The number of carbonyl (C=O) groups excluding carboxylic acids is 2. The molecule has 0 spiro atoms. The fourth-order valence-electron chi connectivity index (χ4n) is 2.49. The Morgan fingerprint density at radius 3 is 2.48 bits per heavy atom. The van der Waals surface area contributed by atoms with Crippen molar-refractivity contribution >= 4 is 34.9 Å². The van der Waals surface area contributed by atoms with Crippen LogP contribution in [-0.4, -0.2) is 34.8 Å². The van der Waals surface area contributed by atoms with E-state index in [1.807, 2.05) is 35.9 Å². The van der Waals surface area contributed by atoms with Gasteiger partial charge in [-0.2, -0.15) is 11.8 Å². The molecular formula is C20H27N3O2S2. The van der Waals surface area contributed by atoms with Crippen LogP contribution >= 0.6 is 23.1 Å². The van der Waals surface area contributed by atoms with Crippen LogP contribution in [0, 0.1) is 0 Å². The van der Waals surface area contributed by atoms with Crippen molar-refractivity contribution in [2.75, 3.05) is 12.0 Å². The fourth-order valence-corrected chi connectivity index (χ4v) is 3.52. The summed E-state index contributed by atoms with van der Waals surface area (Å²) in [6.45, 7) is 6.77. The normalized spacial score (nSPS) is 12.4. The first-order valence-corrected chi connectivity index (χ1v) is 11.2. The number of carbonyl (C=O) groups is 2. The number of thiazole rings is 1. The van der Waals surface area contributed by atoms with Crippen molar-refractivity contribution in [3.8, 4) is 0 Å². The average molecular weight is 406 g/mol. The third-order valence-corrected chi connectivity index (χ3v) is 5.45. The number of benzene rings is 1. The molecule has 0 saturated carbocycles. The highest BCUT2D eigenvalue weighted by Gasteiger charge is 2.21. The molecule has 5 nitrogen and oxygen atoms in total. The van der Waals surface area contributed by atoms with Crippen LogP contribution in [-0.2, 0) is 16.8 Å². The summed E-state index contributed by atoms with van der Waals surface area (Å²) in [5.41, 5.74) is 4.31. The summed E-state index contributed by atoms with van der Waals surface area (Å²) in [6.07, 6.45) is 2.56. The molecule has 146 valence electrons. The third kappa shape index (κ3) is 6.66. The van der Waals surface area contributed by atoms with Crippen LogP contribution in [0.25, 0.3) is 0 Å². The molecule has 7 heteroatoms. The summed E-state index contributed by atoms with van der Waals surface area (Å²) in [7, 11) is 0. The molecule has 1 atom stereocenters. The topological polar surface area (TPSA) is 71.1 Å². The first kappa shape index (κ1) is 21.4. The van der Waals surface area contributed by atoms with Gasteiger partial charge in [0.05, 0.1) is 17.7 Å². The van der Waals surface area contributed by atoms with Gasteiger partial charge in [-0.3, -0.25) is 9.59 Å². The number of nitrogens with zero attached hydrogens (tertiary/aromatic N) is 1. The summed E-state index contributed by atoms with van der Waals surface area (Å²) in [5, 5.41) is 7.63. The standard InChI is InChI=1S/C20H27N3O2S2/c1-20(2,3)15-7-5-14(6-8-15)18(24)23-17(9-10-26-4)19(25)21-11-16-12-27-13-22-16/h5-8,12-13,17H,9-11H2,1-4H3,(H,21,25)(H,23,24)/t17-/m0/s1. The van der Waals surface area contributed by atoms with E-state index < -0.39 is 6.04 Å². The number of thioether (sulfide) groups is 1. The third-order valence-electron chi connectivity index (χ3n) is 4.17. The Kier molecular flexibility index (Phi) is 7.86. The second-order valence-corrected chi connectivity index (χ2v) is 9.04. The molecule has 0 unspecified atom stereocenters. The Morgan fingerprint density at radius 2 is 1.93 bits per heavy atom. The van der Waals surface area contributed by atoms with E-state index in [4.69, 9.17) is 0 Å². The minimum Gasteiger partial charge on any atom is -0.349 e. The molecule has 2 rings (SSSR count). The molecule has 0 fully saturated rings. The Balaban J connectivity index is 2.00. The minimum absolute atomic E-state index is 0.0332. The molecule has 27 heavy (non-hydrogen) atoms. The monoisotopic (exact) mass is 405 g/mol. The summed E-state index contributed by atoms with van der Waals surface area (Å²) in [6, 6.07) is 7.00. The van der Waals surface area contributed by atoms with E-state index in [2.05, 4.69) is 36.4 Å². The van der Waals surface area contributed by atoms with Crippen LogP contribution < -0.4 is 10.6 Å². The van der Waals surface area contributed by atoms with Gasteiger partial charge >= 0.3 is 0 Å². The number of amides is 2. The number of aromatic nitrogens is 1.